The first-order chi connectivity index (χ1) is 20.6. The van der Waals surface area contributed by atoms with Gasteiger partial charge in [0.25, 0.3) is 0 Å². The summed E-state index contributed by atoms with van der Waals surface area (Å²) in [7, 11) is 3.18. The van der Waals surface area contributed by atoms with Crippen LogP contribution in [0.25, 0.3) is 11.1 Å². The number of thioether (sulfide) groups is 1. The normalized spacial score (nSPS) is 16.4. The first-order valence-corrected chi connectivity index (χ1v) is 15.6. The molecule has 11 heteroatoms. The maximum atomic E-state index is 13.3. The van der Waals surface area contributed by atoms with E-state index in [1.165, 1.54) is 11.8 Å². The van der Waals surface area contributed by atoms with Gasteiger partial charge in [-0.2, -0.15) is 0 Å². The van der Waals surface area contributed by atoms with E-state index >= 15 is 0 Å². The molecule has 0 bridgehead atoms. The number of hydrogen-bond donors (Lipinski definition) is 1. The highest BCUT2D eigenvalue weighted by Gasteiger charge is 2.37. The van der Waals surface area contributed by atoms with Crippen molar-refractivity contribution in [2.45, 2.75) is 69.3 Å². The molecule has 2 aromatic carbocycles. The molecule has 0 spiro atoms. The van der Waals surface area contributed by atoms with Gasteiger partial charge >= 0.3 is 6.09 Å². The fourth-order valence-electron chi connectivity index (χ4n) is 5.03. The molecule has 43 heavy (non-hydrogen) atoms. The van der Waals surface area contributed by atoms with Crippen LogP contribution in [-0.2, 0) is 16.0 Å². The molecule has 4 rings (SSSR count). The van der Waals surface area contributed by atoms with E-state index in [0.717, 1.165) is 36.0 Å². The fourth-order valence-corrected chi connectivity index (χ4v) is 5.75. The molecular formula is C32H39ClN4O5S. The molecular weight excluding hydrogens is 588 g/mol. The number of nitrogens with one attached hydrogen (secondary N) is 1. The van der Waals surface area contributed by atoms with Crippen LogP contribution in [0.2, 0.25) is 5.02 Å². The summed E-state index contributed by atoms with van der Waals surface area (Å²) in [6.45, 7) is 6.05. The van der Waals surface area contributed by atoms with Crippen molar-refractivity contribution in [2.75, 3.05) is 26.5 Å². The fraction of sp³-hybridized carbons (Fsp3) is 0.438. The maximum Gasteiger partial charge on any atom is 0.410 e. The summed E-state index contributed by atoms with van der Waals surface area (Å²) in [5, 5.41) is 4.33. The maximum absolute atomic E-state index is 13.3. The van der Waals surface area contributed by atoms with Gasteiger partial charge in [-0.25, -0.2) is 14.8 Å². The van der Waals surface area contributed by atoms with Crippen molar-refractivity contribution in [1.82, 2.24) is 20.2 Å². The van der Waals surface area contributed by atoms with Crippen molar-refractivity contribution in [1.29, 1.82) is 0 Å². The van der Waals surface area contributed by atoms with E-state index < -0.39 is 5.60 Å². The minimum Gasteiger partial charge on any atom is -0.493 e. The predicted molar refractivity (Wildman–Crippen MR) is 169 cm³/mol. The summed E-state index contributed by atoms with van der Waals surface area (Å²) in [6.07, 6.45) is 6.21. The second-order valence-corrected chi connectivity index (χ2v) is 12.7. The van der Waals surface area contributed by atoms with Gasteiger partial charge in [0.05, 0.1) is 26.0 Å². The minimum atomic E-state index is -0.626. The van der Waals surface area contributed by atoms with Crippen LogP contribution >= 0.6 is 23.4 Å². The van der Waals surface area contributed by atoms with E-state index in [0.29, 0.717) is 34.6 Å². The first kappa shape index (κ1) is 32.4. The third-order valence-corrected chi connectivity index (χ3v) is 8.21. The number of ether oxygens (including phenoxy) is 3. The van der Waals surface area contributed by atoms with Gasteiger partial charge in [-0.15, -0.1) is 0 Å². The van der Waals surface area contributed by atoms with Crippen LogP contribution in [0.3, 0.4) is 0 Å². The Bertz CT molecular complexity index is 1380. The van der Waals surface area contributed by atoms with E-state index in [-0.39, 0.29) is 29.8 Å². The number of amides is 2. The van der Waals surface area contributed by atoms with Gasteiger partial charge in [-0.3, -0.25) is 4.79 Å². The van der Waals surface area contributed by atoms with Gasteiger partial charge < -0.3 is 24.4 Å². The van der Waals surface area contributed by atoms with Gasteiger partial charge in [0, 0.05) is 35.6 Å². The highest BCUT2D eigenvalue weighted by atomic mass is 35.5. The Morgan fingerprint density at radius 1 is 1.00 bits per heavy atom. The van der Waals surface area contributed by atoms with Crippen LogP contribution in [0.1, 0.15) is 45.6 Å². The number of benzene rings is 2. The molecule has 2 amide bonds. The lowest BCUT2D eigenvalue weighted by molar-refractivity contribution is -0.119. The standard InChI is InChI=1S/C32H39ClN4O5S/c1-32(2,3)42-31(39)37(16-15-21-9-12-24(33)13-10-21)26-8-6-7-25(26)36-29(38)20-43-30-34-18-23(19-35-30)22-11-14-27(40-4)28(17-22)41-5/h9-14,17-19,25-26H,6-8,15-16,20H2,1-5H3,(H,36,38). The van der Waals surface area contributed by atoms with Gasteiger partial charge in [0.1, 0.15) is 5.60 Å². The average Bonchev–Trinajstić information content (AvgIpc) is 3.43. The molecule has 2 unspecified atom stereocenters. The van der Waals surface area contributed by atoms with Crippen molar-refractivity contribution >= 4 is 35.4 Å². The molecule has 1 aliphatic carbocycles. The molecule has 1 aliphatic rings. The number of rotatable bonds is 11. The summed E-state index contributed by atoms with van der Waals surface area (Å²) < 4.78 is 16.5. The van der Waals surface area contributed by atoms with Crippen LogP contribution in [0, 0.1) is 0 Å². The Labute approximate surface area is 262 Å². The highest BCUT2D eigenvalue weighted by Crippen LogP contribution is 2.32. The van der Waals surface area contributed by atoms with Gasteiger partial charge in [-0.05, 0) is 81.8 Å². The number of aromatic nitrogens is 2. The SMILES string of the molecule is COc1ccc(-c2cnc(SCC(=O)NC3CCCC3N(CCc3ccc(Cl)cc3)C(=O)OC(C)(C)C)nc2)cc1OC. The molecule has 2 atom stereocenters. The van der Waals surface area contributed by atoms with E-state index in [1.807, 2.05) is 63.2 Å². The molecule has 230 valence electrons. The van der Waals surface area contributed by atoms with E-state index in [4.69, 9.17) is 25.8 Å². The van der Waals surface area contributed by atoms with Crippen molar-refractivity contribution in [3.8, 4) is 22.6 Å². The lowest BCUT2D eigenvalue weighted by Crippen LogP contribution is -2.52. The molecule has 0 saturated heterocycles. The summed E-state index contributed by atoms with van der Waals surface area (Å²) in [4.78, 5) is 37.0. The minimum absolute atomic E-state index is 0.128. The molecule has 3 aromatic rings. The van der Waals surface area contributed by atoms with Gasteiger partial charge in [0.2, 0.25) is 5.91 Å². The van der Waals surface area contributed by atoms with Crippen LogP contribution in [-0.4, -0.2) is 71.1 Å². The predicted octanol–water partition coefficient (Wildman–Crippen LogP) is 6.42. The third-order valence-electron chi connectivity index (χ3n) is 7.09. The lowest BCUT2D eigenvalue weighted by Gasteiger charge is -2.35. The number of methoxy groups -OCH3 is 2. The Morgan fingerprint density at radius 3 is 2.35 bits per heavy atom. The molecule has 1 N–H and O–H groups in total. The van der Waals surface area contributed by atoms with Crippen molar-refractivity contribution in [2.24, 2.45) is 0 Å². The summed E-state index contributed by atoms with van der Waals surface area (Å²) in [6, 6.07) is 12.9. The summed E-state index contributed by atoms with van der Waals surface area (Å²) in [5.41, 5.74) is 2.16. The highest BCUT2D eigenvalue weighted by molar-refractivity contribution is 7.99. The van der Waals surface area contributed by atoms with Crippen molar-refractivity contribution in [3.05, 3.63) is 65.4 Å². The molecule has 0 aliphatic heterocycles. The number of carbonyl (C=O) groups excluding carboxylic acids is 2. The number of nitrogens with zero attached hydrogens (tertiary/aromatic N) is 3. The summed E-state index contributed by atoms with van der Waals surface area (Å²) in [5.74, 6) is 1.30. The van der Waals surface area contributed by atoms with Gasteiger partial charge in [-0.1, -0.05) is 41.6 Å². The Kier molecular flexibility index (Phi) is 11.2. The van der Waals surface area contributed by atoms with E-state index in [1.54, 1.807) is 31.5 Å². The molecule has 1 fully saturated rings. The first-order valence-electron chi connectivity index (χ1n) is 14.3. The molecule has 1 saturated carbocycles. The van der Waals surface area contributed by atoms with Crippen LogP contribution in [0.15, 0.2) is 60.0 Å². The second kappa shape index (κ2) is 14.8. The third kappa shape index (κ3) is 9.24. The van der Waals surface area contributed by atoms with Crippen LogP contribution in [0.4, 0.5) is 4.79 Å². The molecule has 1 aromatic heterocycles. The number of carbonyl (C=O) groups is 2. The second-order valence-electron chi connectivity index (χ2n) is 11.3. The molecule has 1 heterocycles. The monoisotopic (exact) mass is 626 g/mol. The Morgan fingerprint density at radius 2 is 1.70 bits per heavy atom. The van der Waals surface area contributed by atoms with Crippen LogP contribution < -0.4 is 14.8 Å². The van der Waals surface area contributed by atoms with E-state index in [2.05, 4.69) is 15.3 Å². The van der Waals surface area contributed by atoms with Crippen molar-refractivity contribution < 1.29 is 23.8 Å². The largest absolute Gasteiger partial charge is 0.493 e. The Hall–Kier alpha value is -3.50. The zero-order valence-electron chi connectivity index (χ0n) is 25.3. The van der Waals surface area contributed by atoms with E-state index in [9.17, 15) is 9.59 Å². The number of hydrogen-bond acceptors (Lipinski definition) is 8. The summed E-state index contributed by atoms with van der Waals surface area (Å²) >= 11 is 7.31. The topological polar surface area (TPSA) is 103 Å². The Balaban J connectivity index is 1.36. The van der Waals surface area contributed by atoms with Gasteiger partial charge in [0.15, 0.2) is 16.7 Å². The quantitative estimate of drug-likeness (QED) is 0.192. The molecule has 9 nitrogen and oxygen atoms in total. The zero-order chi connectivity index (χ0) is 31.0. The zero-order valence-corrected chi connectivity index (χ0v) is 26.8. The lowest BCUT2D eigenvalue weighted by atomic mass is 10.1. The molecule has 0 radical (unpaired) electrons. The van der Waals surface area contributed by atoms with Crippen molar-refractivity contribution in [3.63, 3.8) is 0 Å². The average molecular weight is 627 g/mol. The smallest absolute Gasteiger partial charge is 0.410 e. The van der Waals surface area contributed by atoms with Crippen LogP contribution in [0.5, 0.6) is 11.5 Å². The number of halogens is 1.